The average Bonchev–Trinajstić information content (AvgIpc) is 3.33. The Morgan fingerprint density at radius 2 is 2.00 bits per heavy atom. The molecule has 3 aromatic rings. The van der Waals surface area contributed by atoms with E-state index in [1.807, 2.05) is 24.3 Å². The van der Waals surface area contributed by atoms with E-state index in [0.717, 1.165) is 30.4 Å². The molecule has 0 radical (unpaired) electrons. The number of Topliss-reactive ketones (excluding diaryl/α,β-unsaturated/α-hetero) is 1. The second-order valence-corrected chi connectivity index (χ2v) is 8.33. The van der Waals surface area contributed by atoms with E-state index >= 15 is 0 Å². The number of nitrogens with one attached hydrogen (secondary N) is 1. The molecular formula is C18H18N4O3S. The first-order valence-corrected chi connectivity index (χ1v) is 10.2. The minimum Gasteiger partial charge on any atom is -0.299 e. The summed E-state index contributed by atoms with van der Waals surface area (Å²) in [4.78, 5) is 16.5. The molecule has 2 aromatic heterocycles. The normalized spacial score (nSPS) is 14.5. The summed E-state index contributed by atoms with van der Waals surface area (Å²) in [5.41, 5.74) is 2.71. The van der Waals surface area contributed by atoms with E-state index in [9.17, 15) is 13.2 Å². The second kappa shape index (κ2) is 6.21. The van der Waals surface area contributed by atoms with Gasteiger partial charge in [0.2, 0.25) is 10.0 Å². The van der Waals surface area contributed by atoms with Crippen molar-refractivity contribution in [3.8, 4) is 11.3 Å². The molecule has 0 bridgehead atoms. The number of pyridine rings is 1. The molecule has 1 aliphatic carbocycles. The zero-order valence-corrected chi connectivity index (χ0v) is 15.0. The third kappa shape index (κ3) is 3.60. The molecule has 1 saturated carbocycles. The van der Waals surface area contributed by atoms with E-state index < -0.39 is 10.0 Å². The number of ketones is 1. The lowest BCUT2D eigenvalue weighted by Gasteiger charge is -2.08. The SMILES string of the molecule is CS(=O)(=O)Nc1cccc(-c2cccc3nc(CC(=O)C4CC4)nn23)c1. The fourth-order valence-corrected chi connectivity index (χ4v) is 3.46. The Morgan fingerprint density at radius 3 is 2.73 bits per heavy atom. The quantitative estimate of drug-likeness (QED) is 0.718. The molecule has 134 valence electrons. The lowest BCUT2D eigenvalue weighted by Crippen LogP contribution is -2.09. The van der Waals surface area contributed by atoms with Crippen LogP contribution in [0.5, 0.6) is 0 Å². The minimum absolute atomic E-state index is 0.180. The third-order valence-corrected chi connectivity index (χ3v) is 4.84. The molecule has 1 aliphatic rings. The number of sulfonamides is 1. The van der Waals surface area contributed by atoms with Gasteiger partial charge in [-0.3, -0.25) is 9.52 Å². The van der Waals surface area contributed by atoms with Crippen LogP contribution in [0.15, 0.2) is 42.5 Å². The number of benzene rings is 1. The summed E-state index contributed by atoms with van der Waals surface area (Å²) in [5, 5.41) is 4.49. The topological polar surface area (TPSA) is 93.4 Å². The van der Waals surface area contributed by atoms with Gasteiger partial charge in [0.25, 0.3) is 0 Å². The Morgan fingerprint density at radius 1 is 1.23 bits per heavy atom. The van der Waals surface area contributed by atoms with Crippen LogP contribution in [-0.4, -0.2) is 35.1 Å². The number of rotatable bonds is 6. The first kappa shape index (κ1) is 16.7. The minimum atomic E-state index is -3.35. The fourth-order valence-electron chi connectivity index (χ4n) is 2.90. The number of aromatic nitrogens is 3. The van der Waals surface area contributed by atoms with Crippen molar-refractivity contribution in [3.63, 3.8) is 0 Å². The molecule has 1 N–H and O–H groups in total. The van der Waals surface area contributed by atoms with Crippen LogP contribution in [0.3, 0.4) is 0 Å². The monoisotopic (exact) mass is 370 g/mol. The van der Waals surface area contributed by atoms with Crippen molar-refractivity contribution in [1.82, 2.24) is 14.6 Å². The van der Waals surface area contributed by atoms with Gasteiger partial charge in [0.05, 0.1) is 18.4 Å². The molecule has 4 rings (SSSR count). The van der Waals surface area contributed by atoms with Crippen molar-refractivity contribution in [3.05, 3.63) is 48.3 Å². The van der Waals surface area contributed by atoms with Crippen LogP contribution < -0.4 is 4.72 Å². The number of carbonyl (C=O) groups is 1. The molecule has 0 spiro atoms. The molecule has 1 aromatic carbocycles. The number of nitrogens with zero attached hydrogens (tertiary/aromatic N) is 3. The summed E-state index contributed by atoms with van der Waals surface area (Å²) in [6, 6.07) is 12.7. The molecule has 0 saturated heterocycles. The lowest BCUT2D eigenvalue weighted by atomic mass is 10.1. The molecule has 8 heteroatoms. The van der Waals surface area contributed by atoms with Gasteiger partial charge in [0, 0.05) is 17.2 Å². The second-order valence-electron chi connectivity index (χ2n) is 6.58. The molecule has 0 unspecified atom stereocenters. The first-order valence-electron chi connectivity index (χ1n) is 8.35. The summed E-state index contributed by atoms with van der Waals surface area (Å²) in [6.45, 7) is 0. The van der Waals surface area contributed by atoms with E-state index in [0.29, 0.717) is 17.2 Å². The van der Waals surface area contributed by atoms with Crippen molar-refractivity contribution in [1.29, 1.82) is 0 Å². The molecule has 26 heavy (non-hydrogen) atoms. The molecular weight excluding hydrogens is 352 g/mol. The van der Waals surface area contributed by atoms with Crippen LogP contribution in [0.25, 0.3) is 16.9 Å². The maximum Gasteiger partial charge on any atom is 0.229 e. The highest BCUT2D eigenvalue weighted by Crippen LogP contribution is 2.31. The Kier molecular flexibility index (Phi) is 3.99. The van der Waals surface area contributed by atoms with E-state index in [1.54, 1.807) is 22.7 Å². The zero-order valence-electron chi connectivity index (χ0n) is 14.2. The maximum absolute atomic E-state index is 12.0. The highest BCUT2D eigenvalue weighted by Gasteiger charge is 2.30. The summed E-state index contributed by atoms with van der Waals surface area (Å²) in [6.07, 6.45) is 3.30. The first-order chi connectivity index (χ1) is 12.4. The molecule has 0 atom stereocenters. The van der Waals surface area contributed by atoms with Gasteiger partial charge in [-0.25, -0.2) is 17.9 Å². The van der Waals surface area contributed by atoms with Gasteiger partial charge in [-0.15, -0.1) is 0 Å². The predicted molar refractivity (Wildman–Crippen MR) is 98.3 cm³/mol. The molecule has 7 nitrogen and oxygen atoms in total. The van der Waals surface area contributed by atoms with Crippen LogP contribution in [0.2, 0.25) is 0 Å². The van der Waals surface area contributed by atoms with Crippen molar-refractivity contribution in [2.75, 3.05) is 11.0 Å². The van der Waals surface area contributed by atoms with Gasteiger partial charge >= 0.3 is 0 Å². The molecule has 0 aliphatic heterocycles. The van der Waals surface area contributed by atoms with Gasteiger partial charge in [-0.1, -0.05) is 18.2 Å². The lowest BCUT2D eigenvalue weighted by molar-refractivity contribution is -0.119. The van der Waals surface area contributed by atoms with E-state index in [-0.39, 0.29) is 18.1 Å². The summed E-state index contributed by atoms with van der Waals surface area (Å²) in [5.74, 6) is 0.890. The number of carbonyl (C=O) groups excluding carboxylic acids is 1. The van der Waals surface area contributed by atoms with Gasteiger partial charge in [-0.05, 0) is 37.1 Å². The molecule has 1 fully saturated rings. The largest absolute Gasteiger partial charge is 0.299 e. The molecule has 2 heterocycles. The smallest absolute Gasteiger partial charge is 0.229 e. The Hall–Kier alpha value is -2.74. The maximum atomic E-state index is 12.0. The van der Waals surface area contributed by atoms with Crippen molar-refractivity contribution < 1.29 is 13.2 Å². The number of hydrogen-bond acceptors (Lipinski definition) is 5. The average molecular weight is 370 g/mol. The Labute approximate surface area is 151 Å². The van der Waals surface area contributed by atoms with Gasteiger partial charge in [0.1, 0.15) is 5.78 Å². The predicted octanol–water partition coefficient (Wildman–Crippen LogP) is 2.29. The Balaban J connectivity index is 1.71. The van der Waals surface area contributed by atoms with Crippen molar-refractivity contribution in [2.45, 2.75) is 19.3 Å². The van der Waals surface area contributed by atoms with Crippen LogP contribution in [0, 0.1) is 5.92 Å². The van der Waals surface area contributed by atoms with E-state index in [4.69, 9.17) is 0 Å². The summed E-state index contributed by atoms with van der Waals surface area (Å²) in [7, 11) is -3.35. The van der Waals surface area contributed by atoms with Crippen molar-refractivity contribution in [2.24, 2.45) is 5.92 Å². The fraction of sp³-hybridized carbons (Fsp3) is 0.278. The van der Waals surface area contributed by atoms with Gasteiger partial charge in [-0.2, -0.15) is 5.10 Å². The highest BCUT2D eigenvalue weighted by molar-refractivity contribution is 7.92. The number of fused-ring (bicyclic) bond motifs is 1. The summed E-state index contributed by atoms with van der Waals surface area (Å²) < 4.78 is 27.1. The van der Waals surface area contributed by atoms with Crippen molar-refractivity contribution >= 4 is 27.1 Å². The van der Waals surface area contributed by atoms with Gasteiger partial charge < -0.3 is 0 Å². The third-order valence-electron chi connectivity index (χ3n) is 4.23. The number of anilines is 1. The van der Waals surface area contributed by atoms with Crippen LogP contribution >= 0.6 is 0 Å². The van der Waals surface area contributed by atoms with Crippen LogP contribution in [0.1, 0.15) is 18.7 Å². The molecule has 0 amide bonds. The zero-order chi connectivity index (χ0) is 18.3. The summed E-state index contributed by atoms with van der Waals surface area (Å²) >= 11 is 0. The Bertz CT molecular complexity index is 1100. The van der Waals surface area contributed by atoms with Crippen LogP contribution in [-0.2, 0) is 21.2 Å². The van der Waals surface area contributed by atoms with Crippen LogP contribution in [0.4, 0.5) is 5.69 Å². The van der Waals surface area contributed by atoms with Gasteiger partial charge in [0.15, 0.2) is 11.5 Å². The van der Waals surface area contributed by atoms with E-state index in [1.165, 1.54) is 0 Å². The standard InChI is InChI=1S/C18H18N4O3S/c1-26(24,25)21-14-5-2-4-13(10-14)15-6-3-7-18-19-17(20-22(15)18)11-16(23)12-8-9-12/h2-7,10,12,21H,8-9,11H2,1H3. The number of hydrogen-bond donors (Lipinski definition) is 1. The van der Waals surface area contributed by atoms with E-state index in [2.05, 4.69) is 14.8 Å². The highest BCUT2D eigenvalue weighted by atomic mass is 32.2.